The Balaban J connectivity index is 1.54. The van der Waals surface area contributed by atoms with E-state index in [4.69, 9.17) is 0 Å². The lowest BCUT2D eigenvalue weighted by Gasteiger charge is -2.17. The fourth-order valence-corrected chi connectivity index (χ4v) is 4.17. The van der Waals surface area contributed by atoms with E-state index in [1.54, 1.807) is 12.1 Å². The minimum Gasteiger partial charge on any atom is -0.326 e. The number of rotatable bonds is 7. The molecule has 1 aliphatic heterocycles. The van der Waals surface area contributed by atoms with Crippen LogP contribution in [0.4, 0.5) is 11.4 Å². The number of amides is 2. The average molecular weight is 416 g/mol. The summed E-state index contributed by atoms with van der Waals surface area (Å²) in [5.74, 6) is 0.0725. The quantitative estimate of drug-likeness (QED) is 0.646. The Morgan fingerprint density at radius 1 is 1.10 bits per heavy atom. The van der Waals surface area contributed by atoms with Gasteiger partial charge in [0, 0.05) is 30.8 Å². The molecule has 1 heterocycles. The molecule has 29 heavy (non-hydrogen) atoms. The molecule has 0 atom stereocenters. The van der Waals surface area contributed by atoms with Gasteiger partial charge in [-0.2, -0.15) is 0 Å². The van der Waals surface area contributed by atoms with E-state index in [-0.39, 0.29) is 29.7 Å². The van der Waals surface area contributed by atoms with E-state index in [0.717, 1.165) is 5.56 Å². The number of anilines is 2. The van der Waals surface area contributed by atoms with E-state index in [2.05, 4.69) is 29.2 Å². The normalized spacial score (nSPS) is 13.7. The van der Waals surface area contributed by atoms with Crippen LogP contribution < -0.4 is 15.4 Å². The Morgan fingerprint density at radius 3 is 2.52 bits per heavy atom. The summed E-state index contributed by atoms with van der Waals surface area (Å²) in [5, 5.41) is 5.49. The van der Waals surface area contributed by atoms with Crippen molar-refractivity contribution >= 4 is 33.2 Å². The number of hydrogen-bond donors (Lipinski definition) is 3. The lowest BCUT2D eigenvalue weighted by atomic mass is 10.0. The number of benzene rings is 2. The molecule has 154 valence electrons. The topological polar surface area (TPSA) is 104 Å². The molecule has 8 heteroatoms. The second-order valence-electron chi connectivity index (χ2n) is 7.34. The minimum absolute atomic E-state index is 0.00787. The second-order valence-corrected chi connectivity index (χ2v) is 9.11. The highest BCUT2D eigenvalue weighted by molar-refractivity contribution is 7.89. The smallest absolute Gasteiger partial charge is 0.240 e. The third kappa shape index (κ3) is 5.42. The van der Waals surface area contributed by atoms with Crippen LogP contribution in [-0.2, 0) is 26.0 Å². The van der Waals surface area contributed by atoms with Gasteiger partial charge in [-0.1, -0.05) is 26.0 Å². The maximum Gasteiger partial charge on any atom is 0.240 e. The largest absolute Gasteiger partial charge is 0.326 e. The molecule has 2 aromatic carbocycles. The molecule has 2 amide bonds. The van der Waals surface area contributed by atoms with Crippen LogP contribution in [0.2, 0.25) is 0 Å². The maximum absolute atomic E-state index is 12.5. The predicted molar refractivity (Wildman–Crippen MR) is 112 cm³/mol. The molecule has 0 radical (unpaired) electrons. The number of carbonyl (C=O) groups is 2. The first kappa shape index (κ1) is 21.0. The summed E-state index contributed by atoms with van der Waals surface area (Å²) < 4.78 is 27.4. The summed E-state index contributed by atoms with van der Waals surface area (Å²) in [6.07, 6.45) is 0.858. The molecule has 0 saturated carbocycles. The fourth-order valence-electron chi connectivity index (χ4n) is 3.08. The minimum atomic E-state index is -3.73. The summed E-state index contributed by atoms with van der Waals surface area (Å²) in [7, 11) is -3.73. The maximum atomic E-state index is 12.5. The van der Waals surface area contributed by atoms with Crippen LogP contribution >= 0.6 is 0 Å². The van der Waals surface area contributed by atoms with E-state index < -0.39 is 10.0 Å². The van der Waals surface area contributed by atoms with Gasteiger partial charge < -0.3 is 10.6 Å². The van der Waals surface area contributed by atoms with E-state index in [0.29, 0.717) is 30.1 Å². The number of aryl methyl sites for hydroxylation is 1. The van der Waals surface area contributed by atoms with Crippen LogP contribution in [0.5, 0.6) is 0 Å². The SMILES string of the molecule is CC(C)c1ccc(NC(=O)CCNS(=O)(=O)c2ccc3c(c2)CCC(=O)N3)cc1. The average Bonchev–Trinajstić information content (AvgIpc) is 2.67. The molecule has 0 bridgehead atoms. The first-order chi connectivity index (χ1) is 13.7. The number of carbonyl (C=O) groups excluding carboxylic acids is 2. The van der Waals surface area contributed by atoms with Gasteiger partial charge in [-0.15, -0.1) is 0 Å². The molecule has 0 fully saturated rings. The second kappa shape index (κ2) is 8.75. The molecule has 0 spiro atoms. The fraction of sp³-hybridized carbons (Fsp3) is 0.333. The number of nitrogens with one attached hydrogen (secondary N) is 3. The molecule has 1 aliphatic rings. The van der Waals surface area contributed by atoms with Crippen molar-refractivity contribution in [2.75, 3.05) is 17.2 Å². The zero-order chi connectivity index (χ0) is 21.0. The number of sulfonamides is 1. The van der Waals surface area contributed by atoms with Gasteiger partial charge in [-0.25, -0.2) is 13.1 Å². The Morgan fingerprint density at radius 2 is 1.83 bits per heavy atom. The van der Waals surface area contributed by atoms with Gasteiger partial charge in [0.1, 0.15) is 0 Å². The summed E-state index contributed by atoms with van der Waals surface area (Å²) in [5.41, 5.74) is 3.29. The first-order valence-corrected chi connectivity index (χ1v) is 11.0. The van der Waals surface area contributed by atoms with Crippen molar-refractivity contribution in [1.82, 2.24) is 4.72 Å². The molecule has 7 nitrogen and oxygen atoms in total. The van der Waals surface area contributed by atoms with Gasteiger partial charge in [-0.05, 0) is 53.8 Å². The summed E-state index contributed by atoms with van der Waals surface area (Å²) >= 11 is 0. The van der Waals surface area contributed by atoms with Gasteiger partial charge in [0.2, 0.25) is 21.8 Å². The lowest BCUT2D eigenvalue weighted by molar-refractivity contribution is -0.117. The number of hydrogen-bond acceptors (Lipinski definition) is 4. The molecule has 0 saturated heterocycles. The van der Waals surface area contributed by atoms with Crippen molar-refractivity contribution in [3.8, 4) is 0 Å². The highest BCUT2D eigenvalue weighted by atomic mass is 32.2. The van der Waals surface area contributed by atoms with E-state index >= 15 is 0 Å². The van der Waals surface area contributed by atoms with Crippen LogP contribution in [0.25, 0.3) is 0 Å². The highest BCUT2D eigenvalue weighted by Crippen LogP contribution is 2.25. The lowest BCUT2D eigenvalue weighted by Crippen LogP contribution is -2.28. The molecule has 3 N–H and O–H groups in total. The van der Waals surface area contributed by atoms with Gasteiger partial charge >= 0.3 is 0 Å². The van der Waals surface area contributed by atoms with Crippen LogP contribution in [-0.4, -0.2) is 26.8 Å². The Hall–Kier alpha value is -2.71. The third-order valence-corrected chi connectivity index (χ3v) is 6.25. The third-order valence-electron chi connectivity index (χ3n) is 4.79. The van der Waals surface area contributed by atoms with Crippen LogP contribution in [0, 0.1) is 0 Å². The highest BCUT2D eigenvalue weighted by Gasteiger charge is 2.20. The molecule has 0 aromatic heterocycles. The van der Waals surface area contributed by atoms with Crippen molar-refractivity contribution in [1.29, 1.82) is 0 Å². The van der Waals surface area contributed by atoms with Crippen molar-refractivity contribution in [2.24, 2.45) is 0 Å². The van der Waals surface area contributed by atoms with Crippen molar-refractivity contribution in [2.45, 2.75) is 43.9 Å². The number of fused-ring (bicyclic) bond motifs is 1. The van der Waals surface area contributed by atoms with Gasteiger partial charge in [0.15, 0.2) is 0 Å². The van der Waals surface area contributed by atoms with Gasteiger partial charge in [0.05, 0.1) is 4.90 Å². The summed E-state index contributed by atoms with van der Waals surface area (Å²) in [6.45, 7) is 4.18. The Labute approximate surface area is 171 Å². The van der Waals surface area contributed by atoms with Crippen LogP contribution in [0.3, 0.4) is 0 Å². The standard InChI is InChI=1S/C21H25N3O4S/c1-14(2)15-3-6-17(7-4-15)23-21(26)11-12-22-29(27,28)18-8-9-19-16(13-18)5-10-20(25)24-19/h3-4,6-9,13-14,22H,5,10-12H2,1-2H3,(H,23,26)(H,24,25). The molecular formula is C21H25N3O4S. The van der Waals surface area contributed by atoms with Gasteiger partial charge in [0.25, 0.3) is 0 Å². The Bertz CT molecular complexity index is 1010. The zero-order valence-electron chi connectivity index (χ0n) is 16.5. The van der Waals surface area contributed by atoms with Crippen LogP contribution in [0.15, 0.2) is 47.4 Å². The van der Waals surface area contributed by atoms with Gasteiger partial charge in [-0.3, -0.25) is 9.59 Å². The van der Waals surface area contributed by atoms with E-state index in [9.17, 15) is 18.0 Å². The predicted octanol–water partition coefficient (Wildman–Crippen LogP) is 3.00. The summed E-state index contributed by atoms with van der Waals surface area (Å²) in [4.78, 5) is 23.6. The first-order valence-electron chi connectivity index (χ1n) is 9.57. The monoisotopic (exact) mass is 415 g/mol. The molecule has 0 aliphatic carbocycles. The molecular weight excluding hydrogens is 390 g/mol. The van der Waals surface area contributed by atoms with Crippen LogP contribution in [0.1, 0.15) is 43.7 Å². The van der Waals surface area contributed by atoms with Crippen molar-refractivity contribution in [3.63, 3.8) is 0 Å². The molecule has 0 unspecified atom stereocenters. The summed E-state index contributed by atoms with van der Waals surface area (Å²) in [6, 6.07) is 12.2. The Kier molecular flexibility index (Phi) is 6.34. The van der Waals surface area contributed by atoms with E-state index in [1.807, 2.05) is 24.3 Å². The van der Waals surface area contributed by atoms with Crippen molar-refractivity contribution in [3.05, 3.63) is 53.6 Å². The molecule has 3 rings (SSSR count). The zero-order valence-corrected chi connectivity index (χ0v) is 17.3. The molecule has 2 aromatic rings. The van der Waals surface area contributed by atoms with Crippen molar-refractivity contribution < 1.29 is 18.0 Å². The van der Waals surface area contributed by atoms with E-state index in [1.165, 1.54) is 11.6 Å².